The average Bonchev–Trinajstić information content (AvgIpc) is 2.93. The molecule has 0 radical (unpaired) electrons. The number of rotatable bonds is 7. The molecule has 2 aromatic heterocycles. The number of nitrogens with zero attached hydrogens (tertiary/aromatic N) is 3. The summed E-state index contributed by atoms with van der Waals surface area (Å²) in [4.78, 5) is 14.8. The number of hydrogen-bond donors (Lipinski definition) is 3. The Balaban J connectivity index is 1.95. The smallest absolute Gasteiger partial charge is 0.243 e. The minimum Gasteiger partial charge on any atom is -0.355 e. The fourth-order valence-corrected chi connectivity index (χ4v) is 2.45. The Hall–Kier alpha value is -2.00. The van der Waals surface area contributed by atoms with Crippen LogP contribution in [0.1, 0.15) is 12.7 Å². The Morgan fingerprint density at radius 3 is 2.60 bits per heavy atom. The summed E-state index contributed by atoms with van der Waals surface area (Å²) in [6, 6.07) is 0. The lowest BCUT2D eigenvalue weighted by Gasteiger charge is -2.06. The van der Waals surface area contributed by atoms with Gasteiger partial charge in [-0.2, -0.15) is 0 Å². The number of nitrogens with one attached hydrogen (secondary N) is 3. The van der Waals surface area contributed by atoms with E-state index in [2.05, 4.69) is 30.0 Å². The van der Waals surface area contributed by atoms with Crippen molar-refractivity contribution in [2.45, 2.75) is 18.2 Å². The van der Waals surface area contributed by atoms with E-state index in [-0.39, 0.29) is 11.4 Å². The van der Waals surface area contributed by atoms with E-state index in [9.17, 15) is 8.42 Å². The van der Waals surface area contributed by atoms with Crippen molar-refractivity contribution in [1.82, 2.24) is 24.7 Å². The molecule has 0 aromatic carbocycles. The molecule has 2 rings (SSSR count). The summed E-state index contributed by atoms with van der Waals surface area (Å²) >= 11 is 0. The Bertz CT molecular complexity index is 623. The van der Waals surface area contributed by atoms with Crippen LogP contribution in [0.4, 0.5) is 5.95 Å². The predicted molar refractivity (Wildman–Crippen MR) is 73.7 cm³/mol. The van der Waals surface area contributed by atoms with Gasteiger partial charge in [0.05, 0.1) is 12.4 Å². The fraction of sp³-hybridized carbons (Fsp3) is 0.364. The first kappa shape index (κ1) is 14.4. The predicted octanol–water partition coefficient (Wildman–Crippen LogP) is 0.152. The van der Waals surface area contributed by atoms with E-state index in [1.165, 1.54) is 12.4 Å². The Morgan fingerprint density at radius 1 is 1.25 bits per heavy atom. The zero-order valence-corrected chi connectivity index (χ0v) is 11.8. The number of imidazole rings is 1. The molecule has 0 atom stereocenters. The molecule has 2 heterocycles. The number of aromatic amines is 1. The zero-order chi connectivity index (χ0) is 14.4. The summed E-state index contributed by atoms with van der Waals surface area (Å²) < 4.78 is 26.5. The van der Waals surface area contributed by atoms with E-state index in [0.717, 1.165) is 5.82 Å². The Morgan fingerprint density at radius 2 is 2.00 bits per heavy atom. The number of H-pyrrole nitrogens is 1. The third kappa shape index (κ3) is 3.75. The zero-order valence-electron chi connectivity index (χ0n) is 11.0. The lowest BCUT2D eigenvalue weighted by molar-refractivity contribution is 0.580. The number of sulfonamides is 1. The van der Waals surface area contributed by atoms with Crippen LogP contribution < -0.4 is 10.0 Å². The standard InChI is InChI=1S/C11H16N6O2S/c1-2-12-11-15-7-9(8-16-11)20(18,19)17-4-3-10-13-5-6-14-10/h5-8,17H,2-4H2,1H3,(H,13,14)(H,12,15,16). The maximum atomic E-state index is 12.0. The molecular weight excluding hydrogens is 280 g/mol. The highest BCUT2D eigenvalue weighted by Crippen LogP contribution is 2.07. The van der Waals surface area contributed by atoms with Crippen LogP contribution in [0.15, 0.2) is 29.7 Å². The maximum Gasteiger partial charge on any atom is 0.243 e. The summed E-state index contributed by atoms with van der Waals surface area (Å²) in [6.45, 7) is 2.84. The lowest BCUT2D eigenvalue weighted by Crippen LogP contribution is -2.26. The van der Waals surface area contributed by atoms with Crippen LogP contribution >= 0.6 is 0 Å². The third-order valence-corrected chi connectivity index (χ3v) is 3.90. The van der Waals surface area contributed by atoms with Crippen molar-refractivity contribution in [3.63, 3.8) is 0 Å². The first-order valence-electron chi connectivity index (χ1n) is 6.15. The highest BCUT2D eigenvalue weighted by Gasteiger charge is 2.14. The van der Waals surface area contributed by atoms with Crippen LogP contribution in [0.2, 0.25) is 0 Å². The minimum atomic E-state index is -3.59. The molecule has 0 aliphatic heterocycles. The van der Waals surface area contributed by atoms with E-state index in [1.807, 2.05) is 6.92 Å². The van der Waals surface area contributed by atoms with Crippen molar-refractivity contribution in [2.24, 2.45) is 0 Å². The molecule has 0 unspecified atom stereocenters. The van der Waals surface area contributed by atoms with Crippen LogP contribution in [0, 0.1) is 0 Å². The van der Waals surface area contributed by atoms with E-state index < -0.39 is 10.0 Å². The summed E-state index contributed by atoms with van der Waals surface area (Å²) in [6.07, 6.45) is 6.36. The molecule has 0 saturated heterocycles. The molecule has 0 amide bonds. The maximum absolute atomic E-state index is 12.0. The molecule has 0 spiro atoms. The van der Waals surface area contributed by atoms with Gasteiger partial charge in [-0.25, -0.2) is 28.1 Å². The van der Waals surface area contributed by atoms with Crippen LogP contribution in [-0.4, -0.2) is 41.4 Å². The molecule has 8 nitrogen and oxygen atoms in total. The first-order chi connectivity index (χ1) is 9.62. The molecule has 0 bridgehead atoms. The highest BCUT2D eigenvalue weighted by atomic mass is 32.2. The lowest BCUT2D eigenvalue weighted by atomic mass is 10.4. The molecule has 9 heteroatoms. The van der Waals surface area contributed by atoms with Crippen LogP contribution in [-0.2, 0) is 16.4 Å². The topological polar surface area (TPSA) is 113 Å². The van der Waals surface area contributed by atoms with Gasteiger partial charge < -0.3 is 10.3 Å². The Kier molecular flexibility index (Phi) is 4.64. The Labute approximate surface area is 117 Å². The van der Waals surface area contributed by atoms with Gasteiger partial charge in [0.25, 0.3) is 0 Å². The molecule has 0 saturated carbocycles. The van der Waals surface area contributed by atoms with Gasteiger partial charge in [0.15, 0.2) is 0 Å². The second-order valence-electron chi connectivity index (χ2n) is 3.96. The van der Waals surface area contributed by atoms with E-state index in [1.54, 1.807) is 12.4 Å². The summed E-state index contributed by atoms with van der Waals surface area (Å²) in [5.74, 6) is 1.13. The average molecular weight is 296 g/mol. The first-order valence-corrected chi connectivity index (χ1v) is 7.64. The molecule has 3 N–H and O–H groups in total. The number of anilines is 1. The molecule has 0 fully saturated rings. The molecule has 0 aliphatic carbocycles. The number of aromatic nitrogens is 4. The van der Waals surface area contributed by atoms with Gasteiger partial charge >= 0.3 is 0 Å². The van der Waals surface area contributed by atoms with Gasteiger partial charge in [0.2, 0.25) is 16.0 Å². The van der Waals surface area contributed by atoms with Crippen molar-refractivity contribution in [3.05, 3.63) is 30.6 Å². The normalized spacial score (nSPS) is 11.4. The summed E-state index contributed by atoms with van der Waals surface area (Å²) in [5.41, 5.74) is 0. The van der Waals surface area contributed by atoms with Gasteiger partial charge in [-0.15, -0.1) is 0 Å². The third-order valence-electron chi connectivity index (χ3n) is 2.48. The van der Waals surface area contributed by atoms with Crippen LogP contribution in [0.3, 0.4) is 0 Å². The van der Waals surface area contributed by atoms with Crippen molar-refractivity contribution in [2.75, 3.05) is 18.4 Å². The van der Waals surface area contributed by atoms with E-state index in [4.69, 9.17) is 0 Å². The molecule has 0 aliphatic rings. The van der Waals surface area contributed by atoms with Gasteiger partial charge in [-0.1, -0.05) is 0 Å². The summed E-state index contributed by atoms with van der Waals surface area (Å²) in [7, 11) is -3.59. The van der Waals surface area contributed by atoms with Crippen molar-refractivity contribution >= 4 is 16.0 Å². The second kappa shape index (κ2) is 6.44. The van der Waals surface area contributed by atoms with E-state index in [0.29, 0.717) is 18.9 Å². The van der Waals surface area contributed by atoms with Gasteiger partial charge in [0, 0.05) is 31.9 Å². The monoisotopic (exact) mass is 296 g/mol. The van der Waals surface area contributed by atoms with Crippen LogP contribution in [0.5, 0.6) is 0 Å². The largest absolute Gasteiger partial charge is 0.355 e. The molecule has 20 heavy (non-hydrogen) atoms. The summed E-state index contributed by atoms with van der Waals surface area (Å²) in [5, 5.41) is 2.90. The fourth-order valence-electron chi connectivity index (χ4n) is 1.53. The molecular formula is C11H16N6O2S. The van der Waals surface area contributed by atoms with E-state index >= 15 is 0 Å². The quantitative estimate of drug-likeness (QED) is 0.670. The van der Waals surface area contributed by atoms with Gasteiger partial charge in [0.1, 0.15) is 10.7 Å². The minimum absolute atomic E-state index is 0.0404. The molecule has 2 aromatic rings. The highest BCUT2D eigenvalue weighted by molar-refractivity contribution is 7.89. The van der Waals surface area contributed by atoms with Crippen molar-refractivity contribution < 1.29 is 8.42 Å². The van der Waals surface area contributed by atoms with Crippen molar-refractivity contribution in [1.29, 1.82) is 0 Å². The van der Waals surface area contributed by atoms with Crippen LogP contribution in [0.25, 0.3) is 0 Å². The number of hydrogen-bond acceptors (Lipinski definition) is 6. The molecule has 108 valence electrons. The SMILES string of the molecule is CCNc1ncc(S(=O)(=O)NCCc2ncc[nH]2)cn1. The van der Waals surface area contributed by atoms with Crippen molar-refractivity contribution in [3.8, 4) is 0 Å². The van der Waals surface area contributed by atoms with Gasteiger partial charge in [-0.3, -0.25) is 0 Å². The van der Waals surface area contributed by atoms with Gasteiger partial charge in [-0.05, 0) is 6.92 Å². The second-order valence-corrected chi connectivity index (χ2v) is 5.72.